The first-order valence-electron chi connectivity index (χ1n) is 5.35. The summed E-state index contributed by atoms with van der Waals surface area (Å²) in [5.74, 6) is 0.0398. The Kier molecular flexibility index (Phi) is 8.56. The zero-order valence-corrected chi connectivity index (χ0v) is 10.6. The van der Waals surface area contributed by atoms with Gasteiger partial charge in [0.15, 0.2) is 0 Å². The average molecular weight is 253 g/mol. The maximum Gasteiger partial charge on any atom is 0.224 e. The van der Waals surface area contributed by atoms with E-state index in [0.29, 0.717) is 32.9 Å². The van der Waals surface area contributed by atoms with E-state index < -0.39 is 0 Å². The summed E-state index contributed by atoms with van der Waals surface area (Å²) in [5, 5.41) is 5.82. The molecule has 0 aromatic carbocycles. The summed E-state index contributed by atoms with van der Waals surface area (Å²) in [6.45, 7) is 4.96. The minimum Gasteiger partial charge on any atom is -0.376 e. The zero-order chi connectivity index (χ0) is 11.1. The average Bonchev–Trinajstić information content (AvgIpc) is 2.27. The topological polar surface area (TPSA) is 59.6 Å². The Balaban J connectivity index is 0.00000225. The summed E-state index contributed by atoms with van der Waals surface area (Å²) in [6.07, 6.45) is 0.00415. The van der Waals surface area contributed by atoms with E-state index in [-0.39, 0.29) is 30.3 Å². The monoisotopic (exact) mass is 252 g/mol. The van der Waals surface area contributed by atoms with Crippen LogP contribution in [0, 0.1) is 5.92 Å². The largest absolute Gasteiger partial charge is 0.376 e. The van der Waals surface area contributed by atoms with Gasteiger partial charge in [-0.1, -0.05) is 6.92 Å². The van der Waals surface area contributed by atoms with Gasteiger partial charge in [-0.25, -0.2) is 0 Å². The SMILES string of the molecule is CNCC(C)C(=O)NCC1COCCO1.Cl. The van der Waals surface area contributed by atoms with Gasteiger partial charge in [0.05, 0.1) is 25.9 Å². The second kappa shape index (κ2) is 8.75. The third kappa shape index (κ3) is 5.65. The van der Waals surface area contributed by atoms with Gasteiger partial charge >= 0.3 is 0 Å². The summed E-state index contributed by atoms with van der Waals surface area (Å²) in [6, 6.07) is 0. The Morgan fingerprint density at radius 3 is 2.81 bits per heavy atom. The van der Waals surface area contributed by atoms with Gasteiger partial charge in [-0.15, -0.1) is 12.4 Å². The lowest BCUT2D eigenvalue weighted by molar-refractivity contribution is -0.127. The highest BCUT2D eigenvalue weighted by molar-refractivity contribution is 5.85. The molecule has 1 rings (SSSR count). The maximum atomic E-state index is 11.5. The van der Waals surface area contributed by atoms with Crippen LogP contribution in [0.1, 0.15) is 6.92 Å². The third-order valence-corrected chi connectivity index (χ3v) is 2.35. The Bertz CT molecular complexity index is 199. The van der Waals surface area contributed by atoms with Crippen molar-refractivity contribution in [3.05, 3.63) is 0 Å². The molecule has 6 heteroatoms. The highest BCUT2D eigenvalue weighted by Crippen LogP contribution is 2.00. The zero-order valence-electron chi connectivity index (χ0n) is 9.82. The smallest absolute Gasteiger partial charge is 0.224 e. The van der Waals surface area contributed by atoms with Crippen molar-refractivity contribution in [3.63, 3.8) is 0 Å². The van der Waals surface area contributed by atoms with Gasteiger partial charge in [0, 0.05) is 19.0 Å². The van der Waals surface area contributed by atoms with Crippen molar-refractivity contribution in [1.82, 2.24) is 10.6 Å². The van der Waals surface area contributed by atoms with Crippen LogP contribution < -0.4 is 10.6 Å². The number of nitrogens with one attached hydrogen (secondary N) is 2. The number of carbonyl (C=O) groups excluding carboxylic acids is 1. The fraction of sp³-hybridized carbons (Fsp3) is 0.900. The van der Waals surface area contributed by atoms with Gasteiger partial charge in [0.1, 0.15) is 0 Å². The fourth-order valence-electron chi connectivity index (χ4n) is 1.44. The molecule has 96 valence electrons. The highest BCUT2D eigenvalue weighted by atomic mass is 35.5. The van der Waals surface area contributed by atoms with Crippen LogP contribution in [0.2, 0.25) is 0 Å². The second-order valence-corrected chi connectivity index (χ2v) is 3.77. The summed E-state index contributed by atoms with van der Waals surface area (Å²) >= 11 is 0. The molecule has 0 aliphatic carbocycles. The maximum absolute atomic E-state index is 11.5. The summed E-state index contributed by atoms with van der Waals surface area (Å²) in [5.41, 5.74) is 0. The van der Waals surface area contributed by atoms with Crippen molar-refractivity contribution < 1.29 is 14.3 Å². The van der Waals surface area contributed by atoms with Gasteiger partial charge < -0.3 is 20.1 Å². The van der Waals surface area contributed by atoms with Crippen LogP contribution in [0.15, 0.2) is 0 Å². The van der Waals surface area contributed by atoms with Crippen molar-refractivity contribution in [2.45, 2.75) is 13.0 Å². The summed E-state index contributed by atoms with van der Waals surface area (Å²) in [4.78, 5) is 11.5. The molecule has 16 heavy (non-hydrogen) atoms. The van der Waals surface area contributed by atoms with E-state index in [0.717, 1.165) is 0 Å². The number of amides is 1. The molecule has 0 aromatic heterocycles. The van der Waals surface area contributed by atoms with Crippen molar-refractivity contribution in [1.29, 1.82) is 0 Å². The molecule has 2 N–H and O–H groups in total. The van der Waals surface area contributed by atoms with Crippen LogP contribution >= 0.6 is 12.4 Å². The number of rotatable bonds is 5. The lowest BCUT2D eigenvalue weighted by Gasteiger charge is -2.23. The van der Waals surface area contributed by atoms with E-state index in [4.69, 9.17) is 9.47 Å². The number of hydrogen-bond acceptors (Lipinski definition) is 4. The molecule has 1 saturated heterocycles. The summed E-state index contributed by atoms with van der Waals surface area (Å²) in [7, 11) is 1.84. The van der Waals surface area contributed by atoms with Crippen LogP contribution in [-0.4, -0.2) is 52.0 Å². The molecule has 2 atom stereocenters. The fourth-order valence-corrected chi connectivity index (χ4v) is 1.44. The van der Waals surface area contributed by atoms with Crippen LogP contribution in [0.4, 0.5) is 0 Å². The van der Waals surface area contributed by atoms with Gasteiger partial charge in [-0.05, 0) is 7.05 Å². The van der Waals surface area contributed by atoms with Crippen molar-refractivity contribution in [2.75, 3.05) is 40.0 Å². The number of ether oxygens (including phenoxy) is 2. The van der Waals surface area contributed by atoms with Crippen LogP contribution in [0.3, 0.4) is 0 Å². The van der Waals surface area contributed by atoms with Crippen LogP contribution in [0.5, 0.6) is 0 Å². The van der Waals surface area contributed by atoms with Gasteiger partial charge in [-0.2, -0.15) is 0 Å². The molecule has 1 fully saturated rings. The normalized spacial score (nSPS) is 22.0. The molecule has 0 spiro atoms. The Morgan fingerprint density at radius 1 is 1.50 bits per heavy atom. The van der Waals surface area contributed by atoms with E-state index in [1.54, 1.807) is 0 Å². The molecule has 1 heterocycles. The lowest BCUT2D eigenvalue weighted by atomic mass is 10.1. The molecular formula is C10H21ClN2O3. The minimum atomic E-state index is -0.0143. The molecule has 1 aliphatic rings. The van der Waals surface area contributed by atoms with E-state index in [1.807, 2.05) is 14.0 Å². The van der Waals surface area contributed by atoms with E-state index >= 15 is 0 Å². The van der Waals surface area contributed by atoms with Crippen molar-refractivity contribution >= 4 is 18.3 Å². The van der Waals surface area contributed by atoms with E-state index in [2.05, 4.69) is 10.6 Å². The molecule has 1 amide bonds. The standard InChI is InChI=1S/C10H20N2O3.ClH/c1-8(5-11-2)10(13)12-6-9-7-14-3-4-15-9;/h8-9,11H,3-7H2,1-2H3,(H,12,13);1H. The minimum absolute atomic E-state index is 0. The highest BCUT2D eigenvalue weighted by Gasteiger charge is 2.17. The van der Waals surface area contributed by atoms with Gasteiger partial charge in [0.25, 0.3) is 0 Å². The molecule has 0 aromatic rings. The first kappa shape index (κ1) is 15.6. The first-order chi connectivity index (χ1) is 7.24. The molecule has 2 unspecified atom stereocenters. The number of hydrogen-bond donors (Lipinski definition) is 2. The number of halogens is 1. The van der Waals surface area contributed by atoms with Crippen LogP contribution in [0.25, 0.3) is 0 Å². The van der Waals surface area contributed by atoms with Gasteiger partial charge in [-0.3, -0.25) is 4.79 Å². The predicted octanol–water partition coefficient (Wildman–Crippen LogP) is -0.205. The quantitative estimate of drug-likeness (QED) is 0.711. The molecule has 5 nitrogen and oxygen atoms in total. The predicted molar refractivity (Wildman–Crippen MR) is 63.9 cm³/mol. The lowest BCUT2D eigenvalue weighted by Crippen LogP contribution is -2.42. The molecule has 0 radical (unpaired) electrons. The Hall–Kier alpha value is -0.360. The van der Waals surface area contributed by atoms with Crippen molar-refractivity contribution in [2.24, 2.45) is 5.92 Å². The van der Waals surface area contributed by atoms with Gasteiger partial charge in [0.2, 0.25) is 5.91 Å². The first-order valence-corrected chi connectivity index (χ1v) is 5.35. The van der Waals surface area contributed by atoms with E-state index in [9.17, 15) is 4.79 Å². The summed E-state index contributed by atoms with van der Waals surface area (Å²) < 4.78 is 10.6. The molecule has 0 bridgehead atoms. The van der Waals surface area contributed by atoms with E-state index in [1.165, 1.54) is 0 Å². The van der Waals surface area contributed by atoms with Crippen molar-refractivity contribution in [3.8, 4) is 0 Å². The molecule has 1 aliphatic heterocycles. The van der Waals surface area contributed by atoms with Crippen LogP contribution in [-0.2, 0) is 14.3 Å². The third-order valence-electron chi connectivity index (χ3n) is 2.35. The Labute approximate surface area is 103 Å². The second-order valence-electron chi connectivity index (χ2n) is 3.77. The molecular weight excluding hydrogens is 232 g/mol. The number of carbonyl (C=O) groups is 1. The molecule has 0 saturated carbocycles. The Morgan fingerprint density at radius 2 is 2.25 bits per heavy atom.